The summed E-state index contributed by atoms with van der Waals surface area (Å²) >= 11 is 6.39. The predicted molar refractivity (Wildman–Crippen MR) is 102 cm³/mol. The fourth-order valence-corrected chi connectivity index (χ4v) is 3.15. The molecular formula is C19H23ClN4O2. The summed E-state index contributed by atoms with van der Waals surface area (Å²) in [6, 6.07) is 5.90. The van der Waals surface area contributed by atoms with Crippen LogP contribution in [0, 0.1) is 0 Å². The first-order chi connectivity index (χ1) is 12.3. The maximum atomic E-state index is 11.5. The molecule has 0 atom stereocenters. The molecule has 138 valence electrons. The smallest absolute Gasteiger partial charge is 0.239 e. The third-order valence-corrected chi connectivity index (χ3v) is 4.60. The molecule has 0 bridgehead atoms. The van der Waals surface area contributed by atoms with Gasteiger partial charge in [0.2, 0.25) is 11.9 Å². The van der Waals surface area contributed by atoms with Gasteiger partial charge < -0.3 is 15.0 Å². The Balaban J connectivity index is 1.70. The van der Waals surface area contributed by atoms with Crippen LogP contribution in [-0.2, 0) is 16.8 Å². The van der Waals surface area contributed by atoms with E-state index < -0.39 is 0 Å². The minimum Gasteiger partial charge on any atom is -0.486 e. The Morgan fingerprint density at radius 2 is 2.00 bits per heavy atom. The highest BCUT2D eigenvalue weighted by atomic mass is 35.5. The van der Waals surface area contributed by atoms with Gasteiger partial charge in [0.25, 0.3) is 0 Å². The summed E-state index contributed by atoms with van der Waals surface area (Å²) in [5.74, 6) is 1.07. The summed E-state index contributed by atoms with van der Waals surface area (Å²) < 4.78 is 5.86. The van der Waals surface area contributed by atoms with Gasteiger partial charge in [-0.3, -0.25) is 4.79 Å². The second kappa shape index (κ2) is 7.50. The van der Waals surface area contributed by atoms with Gasteiger partial charge >= 0.3 is 0 Å². The van der Waals surface area contributed by atoms with E-state index in [1.54, 1.807) is 12.4 Å². The van der Waals surface area contributed by atoms with Gasteiger partial charge in [-0.1, -0.05) is 44.5 Å². The van der Waals surface area contributed by atoms with Crippen LogP contribution in [0.3, 0.4) is 0 Å². The standard InChI is InChI=1S/C19H23ClN4O2/c1-19(2,3)15-5-4-6-16(20)14(15)12-26-13-9-22-18(23-10-13)24-8-7-21-17(25)11-24/h4-6,9-10H,7-8,11-12H2,1-3H3,(H,21,25). The average Bonchev–Trinajstić information content (AvgIpc) is 2.60. The normalized spacial score (nSPS) is 14.9. The number of ether oxygens (including phenoxy) is 1. The molecule has 1 fully saturated rings. The quantitative estimate of drug-likeness (QED) is 0.891. The zero-order valence-corrected chi connectivity index (χ0v) is 16.0. The number of nitrogens with zero attached hydrogens (tertiary/aromatic N) is 3. The van der Waals surface area contributed by atoms with Crippen molar-refractivity contribution in [1.82, 2.24) is 15.3 Å². The topological polar surface area (TPSA) is 67.3 Å². The molecule has 1 aromatic carbocycles. The van der Waals surface area contributed by atoms with Crippen LogP contribution in [0.1, 0.15) is 31.9 Å². The monoisotopic (exact) mass is 374 g/mol. The predicted octanol–water partition coefficient (Wildman–Crippen LogP) is 2.94. The minimum atomic E-state index is -0.0290. The van der Waals surface area contributed by atoms with Gasteiger partial charge in [-0.05, 0) is 17.0 Å². The van der Waals surface area contributed by atoms with E-state index in [9.17, 15) is 4.79 Å². The largest absolute Gasteiger partial charge is 0.486 e. The lowest BCUT2D eigenvalue weighted by Gasteiger charge is -2.26. The third-order valence-electron chi connectivity index (χ3n) is 4.25. The van der Waals surface area contributed by atoms with Crippen LogP contribution in [0.2, 0.25) is 5.02 Å². The van der Waals surface area contributed by atoms with Gasteiger partial charge in [0.15, 0.2) is 5.75 Å². The van der Waals surface area contributed by atoms with E-state index in [-0.39, 0.29) is 17.9 Å². The molecule has 2 heterocycles. The Labute approximate surface area is 158 Å². The van der Waals surface area contributed by atoms with E-state index in [2.05, 4.69) is 42.1 Å². The number of hydrogen-bond acceptors (Lipinski definition) is 5. The number of carbonyl (C=O) groups excluding carboxylic acids is 1. The molecule has 1 saturated heterocycles. The Morgan fingerprint density at radius 1 is 1.27 bits per heavy atom. The number of aromatic nitrogens is 2. The number of piperazine rings is 1. The summed E-state index contributed by atoms with van der Waals surface area (Å²) in [5, 5.41) is 3.47. The van der Waals surface area contributed by atoms with Crippen molar-refractivity contribution < 1.29 is 9.53 Å². The number of halogens is 1. The molecule has 0 aliphatic carbocycles. The molecule has 2 aromatic rings. The van der Waals surface area contributed by atoms with Crippen LogP contribution < -0.4 is 15.0 Å². The maximum absolute atomic E-state index is 11.5. The van der Waals surface area contributed by atoms with Crippen molar-refractivity contribution in [3.63, 3.8) is 0 Å². The maximum Gasteiger partial charge on any atom is 0.239 e. The molecular weight excluding hydrogens is 352 g/mol. The van der Waals surface area contributed by atoms with E-state index in [0.717, 1.165) is 11.1 Å². The van der Waals surface area contributed by atoms with E-state index in [0.29, 0.717) is 36.4 Å². The van der Waals surface area contributed by atoms with Crippen molar-refractivity contribution in [2.75, 3.05) is 24.5 Å². The van der Waals surface area contributed by atoms with Crippen molar-refractivity contribution in [3.05, 3.63) is 46.7 Å². The van der Waals surface area contributed by atoms with Gasteiger partial charge in [0, 0.05) is 23.7 Å². The summed E-state index contributed by atoms with van der Waals surface area (Å²) in [6.07, 6.45) is 3.25. The molecule has 1 amide bonds. The molecule has 0 spiro atoms. The van der Waals surface area contributed by atoms with Crippen molar-refractivity contribution in [3.8, 4) is 5.75 Å². The molecule has 0 saturated carbocycles. The molecule has 26 heavy (non-hydrogen) atoms. The first-order valence-electron chi connectivity index (χ1n) is 8.59. The van der Waals surface area contributed by atoms with E-state index >= 15 is 0 Å². The average molecular weight is 375 g/mol. The second-order valence-electron chi connectivity index (χ2n) is 7.29. The van der Waals surface area contributed by atoms with Gasteiger partial charge in [-0.25, -0.2) is 9.97 Å². The summed E-state index contributed by atoms with van der Waals surface area (Å²) in [4.78, 5) is 22.0. The van der Waals surface area contributed by atoms with Crippen LogP contribution in [0.4, 0.5) is 5.95 Å². The van der Waals surface area contributed by atoms with Gasteiger partial charge in [-0.15, -0.1) is 0 Å². The summed E-state index contributed by atoms with van der Waals surface area (Å²) in [6.45, 7) is 8.36. The van der Waals surface area contributed by atoms with Gasteiger partial charge in [0.1, 0.15) is 6.61 Å². The van der Waals surface area contributed by atoms with Crippen molar-refractivity contribution in [2.24, 2.45) is 0 Å². The molecule has 6 nitrogen and oxygen atoms in total. The molecule has 1 aromatic heterocycles. The Hall–Kier alpha value is -2.34. The lowest BCUT2D eigenvalue weighted by Crippen LogP contribution is -2.48. The van der Waals surface area contributed by atoms with E-state index in [4.69, 9.17) is 16.3 Å². The molecule has 0 radical (unpaired) electrons. The van der Waals surface area contributed by atoms with Crippen LogP contribution in [0.5, 0.6) is 5.75 Å². The number of rotatable bonds is 4. The second-order valence-corrected chi connectivity index (χ2v) is 7.70. The van der Waals surface area contributed by atoms with Gasteiger partial charge in [-0.2, -0.15) is 0 Å². The number of nitrogens with one attached hydrogen (secondary N) is 1. The molecule has 0 unspecified atom stereocenters. The van der Waals surface area contributed by atoms with Crippen molar-refractivity contribution >= 4 is 23.5 Å². The molecule has 1 aliphatic rings. The minimum absolute atomic E-state index is 0.0198. The van der Waals surface area contributed by atoms with Crippen molar-refractivity contribution in [1.29, 1.82) is 0 Å². The zero-order chi connectivity index (χ0) is 18.7. The number of benzene rings is 1. The Morgan fingerprint density at radius 3 is 2.65 bits per heavy atom. The third kappa shape index (κ3) is 4.25. The molecule has 1 aliphatic heterocycles. The highest BCUT2D eigenvalue weighted by Crippen LogP contribution is 2.31. The fraction of sp³-hybridized carbons (Fsp3) is 0.421. The van der Waals surface area contributed by atoms with E-state index in [1.807, 2.05) is 17.0 Å². The molecule has 3 rings (SSSR count). The summed E-state index contributed by atoms with van der Waals surface area (Å²) in [5.41, 5.74) is 2.10. The number of carbonyl (C=O) groups is 1. The summed E-state index contributed by atoms with van der Waals surface area (Å²) in [7, 11) is 0. The number of hydrogen-bond donors (Lipinski definition) is 1. The number of anilines is 1. The van der Waals surface area contributed by atoms with Gasteiger partial charge in [0.05, 0.1) is 18.9 Å². The lowest BCUT2D eigenvalue weighted by molar-refractivity contribution is -0.120. The van der Waals surface area contributed by atoms with Crippen LogP contribution in [-0.4, -0.2) is 35.5 Å². The highest BCUT2D eigenvalue weighted by molar-refractivity contribution is 6.31. The lowest BCUT2D eigenvalue weighted by atomic mass is 9.84. The first kappa shape index (κ1) is 18.5. The molecule has 7 heteroatoms. The zero-order valence-electron chi connectivity index (χ0n) is 15.3. The highest BCUT2D eigenvalue weighted by Gasteiger charge is 2.21. The Kier molecular flexibility index (Phi) is 5.32. The SMILES string of the molecule is CC(C)(C)c1cccc(Cl)c1COc1cnc(N2CCNC(=O)C2)nc1. The first-order valence-corrected chi connectivity index (χ1v) is 8.97. The van der Waals surface area contributed by atoms with Crippen molar-refractivity contribution in [2.45, 2.75) is 32.8 Å². The number of amides is 1. The molecule has 1 N–H and O–H groups in total. The fourth-order valence-electron chi connectivity index (χ4n) is 2.92. The van der Waals surface area contributed by atoms with Crippen LogP contribution in [0.25, 0.3) is 0 Å². The Bertz CT molecular complexity index is 787. The van der Waals surface area contributed by atoms with E-state index in [1.165, 1.54) is 0 Å². The van der Waals surface area contributed by atoms with Crippen LogP contribution >= 0.6 is 11.6 Å². The van der Waals surface area contributed by atoms with Crippen LogP contribution in [0.15, 0.2) is 30.6 Å².